The number of nitrogens with one attached hydrogen (secondary N) is 2. The average Bonchev–Trinajstić information content (AvgIpc) is 3.27. The SMILES string of the molecule is Cn1nc(C(=O)NC[C@H]2CCCO2)cc1NC(=O)c1cccs1. The summed E-state index contributed by atoms with van der Waals surface area (Å²) in [5, 5.41) is 11.5. The molecule has 0 aromatic carbocycles. The maximum absolute atomic E-state index is 12.1. The number of rotatable bonds is 5. The third-order valence-electron chi connectivity index (χ3n) is 3.61. The number of aromatic nitrogens is 2. The van der Waals surface area contributed by atoms with Gasteiger partial charge in [-0.2, -0.15) is 5.10 Å². The molecule has 0 spiro atoms. The van der Waals surface area contributed by atoms with Gasteiger partial charge in [-0.15, -0.1) is 11.3 Å². The Balaban J connectivity index is 1.60. The van der Waals surface area contributed by atoms with Gasteiger partial charge in [-0.25, -0.2) is 0 Å². The van der Waals surface area contributed by atoms with Crippen molar-refractivity contribution in [3.63, 3.8) is 0 Å². The Kier molecular flexibility index (Phi) is 4.73. The molecule has 122 valence electrons. The average molecular weight is 334 g/mol. The second-order valence-electron chi connectivity index (χ2n) is 5.31. The molecule has 3 heterocycles. The third-order valence-corrected chi connectivity index (χ3v) is 4.48. The summed E-state index contributed by atoms with van der Waals surface area (Å²) in [7, 11) is 1.68. The molecule has 0 radical (unpaired) electrons. The van der Waals surface area contributed by atoms with Crippen LogP contribution in [0.4, 0.5) is 5.82 Å². The number of nitrogens with zero attached hydrogens (tertiary/aromatic N) is 2. The lowest BCUT2D eigenvalue weighted by atomic mass is 10.2. The number of hydrogen-bond acceptors (Lipinski definition) is 5. The van der Waals surface area contributed by atoms with Crippen molar-refractivity contribution in [2.75, 3.05) is 18.5 Å². The van der Waals surface area contributed by atoms with Gasteiger partial charge >= 0.3 is 0 Å². The first-order chi connectivity index (χ1) is 11.1. The largest absolute Gasteiger partial charge is 0.376 e. The predicted molar refractivity (Wildman–Crippen MR) is 86.8 cm³/mol. The molecule has 1 saturated heterocycles. The van der Waals surface area contributed by atoms with Gasteiger partial charge in [-0.05, 0) is 24.3 Å². The minimum atomic E-state index is -0.271. The minimum Gasteiger partial charge on any atom is -0.376 e. The Hall–Kier alpha value is -2.19. The number of anilines is 1. The van der Waals surface area contributed by atoms with Gasteiger partial charge in [0.2, 0.25) is 0 Å². The molecule has 0 saturated carbocycles. The highest BCUT2D eigenvalue weighted by molar-refractivity contribution is 7.12. The van der Waals surface area contributed by atoms with Gasteiger partial charge in [0.15, 0.2) is 5.69 Å². The van der Waals surface area contributed by atoms with Crippen LogP contribution in [0.15, 0.2) is 23.6 Å². The molecule has 3 rings (SSSR count). The first-order valence-electron chi connectivity index (χ1n) is 7.42. The van der Waals surface area contributed by atoms with E-state index in [-0.39, 0.29) is 23.6 Å². The molecule has 1 fully saturated rings. The first-order valence-corrected chi connectivity index (χ1v) is 8.30. The second kappa shape index (κ2) is 6.93. The Morgan fingerprint density at radius 3 is 3.04 bits per heavy atom. The van der Waals surface area contributed by atoms with Gasteiger partial charge in [0.05, 0.1) is 11.0 Å². The first kappa shape index (κ1) is 15.7. The van der Waals surface area contributed by atoms with Gasteiger partial charge in [-0.3, -0.25) is 14.3 Å². The molecule has 1 aliphatic heterocycles. The molecular weight excluding hydrogens is 316 g/mol. The van der Waals surface area contributed by atoms with Crippen LogP contribution in [0.1, 0.15) is 33.0 Å². The monoisotopic (exact) mass is 334 g/mol. The molecule has 23 heavy (non-hydrogen) atoms. The van der Waals surface area contributed by atoms with E-state index in [1.54, 1.807) is 19.2 Å². The number of thiophene rings is 1. The predicted octanol–water partition coefficient (Wildman–Crippen LogP) is 1.64. The molecule has 1 aliphatic rings. The highest BCUT2D eigenvalue weighted by atomic mass is 32.1. The van der Waals surface area contributed by atoms with Crippen LogP contribution in [0.5, 0.6) is 0 Å². The van der Waals surface area contributed by atoms with E-state index in [0.29, 0.717) is 17.2 Å². The van der Waals surface area contributed by atoms with Crippen LogP contribution >= 0.6 is 11.3 Å². The van der Waals surface area contributed by atoms with E-state index in [4.69, 9.17) is 4.74 Å². The fourth-order valence-electron chi connectivity index (χ4n) is 2.38. The zero-order chi connectivity index (χ0) is 16.2. The van der Waals surface area contributed by atoms with Crippen molar-refractivity contribution in [2.45, 2.75) is 18.9 Å². The Morgan fingerprint density at radius 2 is 2.35 bits per heavy atom. The summed E-state index contributed by atoms with van der Waals surface area (Å²) in [6, 6.07) is 5.12. The van der Waals surface area contributed by atoms with Gasteiger partial charge in [0, 0.05) is 26.3 Å². The zero-order valence-electron chi connectivity index (χ0n) is 12.7. The van der Waals surface area contributed by atoms with Gasteiger partial charge in [0.1, 0.15) is 5.82 Å². The van der Waals surface area contributed by atoms with Crippen LogP contribution in [0.3, 0.4) is 0 Å². The lowest BCUT2D eigenvalue weighted by molar-refractivity contribution is 0.0853. The number of hydrogen-bond donors (Lipinski definition) is 2. The molecule has 1 atom stereocenters. The molecule has 2 aromatic rings. The summed E-state index contributed by atoms with van der Waals surface area (Å²) in [6.07, 6.45) is 2.08. The van der Waals surface area contributed by atoms with Crippen molar-refractivity contribution in [2.24, 2.45) is 7.05 Å². The van der Waals surface area contributed by atoms with E-state index >= 15 is 0 Å². The Morgan fingerprint density at radius 1 is 1.48 bits per heavy atom. The fourth-order valence-corrected chi connectivity index (χ4v) is 3.00. The highest BCUT2D eigenvalue weighted by Crippen LogP contribution is 2.15. The van der Waals surface area contributed by atoms with Crippen molar-refractivity contribution in [3.05, 3.63) is 34.2 Å². The van der Waals surface area contributed by atoms with E-state index in [9.17, 15) is 9.59 Å². The van der Waals surface area contributed by atoms with Crippen LogP contribution in [-0.4, -0.2) is 40.9 Å². The number of carbonyl (C=O) groups excluding carboxylic acids is 2. The molecule has 7 nitrogen and oxygen atoms in total. The van der Waals surface area contributed by atoms with Gasteiger partial charge in [-0.1, -0.05) is 6.07 Å². The maximum atomic E-state index is 12.1. The second-order valence-corrected chi connectivity index (χ2v) is 6.26. The summed E-state index contributed by atoms with van der Waals surface area (Å²) in [5.41, 5.74) is 0.270. The number of ether oxygens (including phenoxy) is 1. The van der Waals surface area contributed by atoms with E-state index in [1.165, 1.54) is 16.0 Å². The molecule has 0 aliphatic carbocycles. The molecular formula is C15H18N4O3S. The molecule has 0 bridgehead atoms. The Bertz CT molecular complexity index is 690. The van der Waals surface area contributed by atoms with Crippen LogP contribution in [-0.2, 0) is 11.8 Å². The van der Waals surface area contributed by atoms with Crippen molar-refractivity contribution in [3.8, 4) is 0 Å². The minimum absolute atomic E-state index is 0.0839. The van der Waals surface area contributed by atoms with Crippen LogP contribution in [0.2, 0.25) is 0 Å². The molecule has 8 heteroatoms. The van der Waals surface area contributed by atoms with E-state index in [1.807, 2.05) is 11.4 Å². The highest BCUT2D eigenvalue weighted by Gasteiger charge is 2.19. The van der Waals surface area contributed by atoms with Crippen molar-refractivity contribution in [1.82, 2.24) is 15.1 Å². The zero-order valence-corrected chi connectivity index (χ0v) is 13.6. The van der Waals surface area contributed by atoms with Crippen molar-refractivity contribution in [1.29, 1.82) is 0 Å². The van der Waals surface area contributed by atoms with Crippen LogP contribution < -0.4 is 10.6 Å². The summed E-state index contributed by atoms with van der Waals surface area (Å²) < 4.78 is 6.94. The topological polar surface area (TPSA) is 85.2 Å². The molecule has 0 unspecified atom stereocenters. The van der Waals surface area contributed by atoms with Crippen LogP contribution in [0.25, 0.3) is 0 Å². The molecule has 2 amide bonds. The molecule has 2 N–H and O–H groups in total. The fraction of sp³-hybridized carbons (Fsp3) is 0.400. The normalized spacial score (nSPS) is 17.2. The number of carbonyl (C=O) groups is 2. The van der Waals surface area contributed by atoms with E-state index < -0.39 is 0 Å². The lowest BCUT2D eigenvalue weighted by Gasteiger charge is -2.09. The number of aryl methyl sites for hydroxylation is 1. The summed E-state index contributed by atoms with van der Waals surface area (Å²) in [4.78, 5) is 24.8. The van der Waals surface area contributed by atoms with Crippen LogP contribution in [0, 0.1) is 0 Å². The standard InChI is InChI=1S/C15H18N4O3S/c1-19-13(17-15(21)12-5-3-7-23-12)8-11(18-19)14(20)16-9-10-4-2-6-22-10/h3,5,7-8,10H,2,4,6,9H2,1H3,(H,16,20)(H,17,21)/t10-/m1/s1. The smallest absolute Gasteiger partial charge is 0.271 e. The molecule has 2 aromatic heterocycles. The Labute approximate surface area is 137 Å². The lowest BCUT2D eigenvalue weighted by Crippen LogP contribution is -2.32. The van der Waals surface area contributed by atoms with Gasteiger partial charge < -0.3 is 15.4 Å². The number of amides is 2. The van der Waals surface area contributed by atoms with E-state index in [0.717, 1.165) is 19.4 Å². The van der Waals surface area contributed by atoms with Gasteiger partial charge in [0.25, 0.3) is 11.8 Å². The maximum Gasteiger partial charge on any atom is 0.271 e. The summed E-state index contributed by atoms with van der Waals surface area (Å²) in [5.74, 6) is -0.00676. The third kappa shape index (κ3) is 3.77. The van der Waals surface area contributed by atoms with Crippen molar-refractivity contribution >= 4 is 29.0 Å². The summed E-state index contributed by atoms with van der Waals surface area (Å²) >= 11 is 1.36. The van der Waals surface area contributed by atoms with E-state index in [2.05, 4.69) is 15.7 Å². The quantitative estimate of drug-likeness (QED) is 0.870. The van der Waals surface area contributed by atoms with Crippen molar-refractivity contribution < 1.29 is 14.3 Å². The summed E-state index contributed by atoms with van der Waals surface area (Å²) in [6.45, 7) is 1.23.